The molecule has 0 aliphatic carbocycles. The summed E-state index contributed by atoms with van der Waals surface area (Å²) in [6, 6.07) is 28.3. The Bertz CT molecular complexity index is 1010. The third-order valence-electron chi connectivity index (χ3n) is 4.23. The van der Waals surface area contributed by atoms with E-state index in [0.29, 0.717) is 17.0 Å². The van der Waals surface area contributed by atoms with Gasteiger partial charge in [-0.15, -0.1) is 0 Å². The van der Waals surface area contributed by atoms with Crippen molar-refractivity contribution in [2.75, 3.05) is 0 Å². The van der Waals surface area contributed by atoms with Crippen molar-refractivity contribution in [2.45, 2.75) is 10.5 Å². The minimum atomic E-state index is -1.18. The van der Waals surface area contributed by atoms with Gasteiger partial charge in [0.05, 0.1) is 11.2 Å². The highest BCUT2D eigenvalue weighted by atomic mass is 32.2. The van der Waals surface area contributed by atoms with Crippen LogP contribution in [0.15, 0.2) is 101 Å². The zero-order chi connectivity index (χ0) is 19.3. The lowest BCUT2D eigenvalue weighted by molar-refractivity contribution is -0.305. The Morgan fingerprint density at radius 3 is 1.93 bits per heavy atom. The fourth-order valence-corrected chi connectivity index (χ4v) is 3.78. The van der Waals surface area contributed by atoms with Gasteiger partial charge in [-0.1, -0.05) is 103 Å². The molecule has 0 bridgehead atoms. The summed E-state index contributed by atoms with van der Waals surface area (Å²) in [6.07, 6.45) is 0. The second-order valence-electron chi connectivity index (χ2n) is 6.12. The van der Waals surface area contributed by atoms with E-state index in [-0.39, 0.29) is 5.22 Å². The summed E-state index contributed by atoms with van der Waals surface area (Å²) < 4.78 is 6.02. The predicted octanol–water partition coefficient (Wildman–Crippen LogP) is 4.59. The fourth-order valence-electron chi connectivity index (χ4n) is 2.91. The molecule has 1 heterocycles. The number of nitrogens with zero attached hydrogens (tertiary/aromatic N) is 1. The molecule has 28 heavy (non-hydrogen) atoms. The van der Waals surface area contributed by atoms with Crippen molar-refractivity contribution in [3.63, 3.8) is 0 Å². The van der Waals surface area contributed by atoms with Crippen molar-refractivity contribution in [3.05, 3.63) is 96.6 Å². The van der Waals surface area contributed by atoms with E-state index in [9.17, 15) is 9.90 Å². The van der Waals surface area contributed by atoms with Crippen molar-refractivity contribution in [1.82, 2.24) is 4.98 Å². The SMILES string of the molecule is O=C([O-])C(Sc1nc(-c2ccccc2)c(-c2ccccc2)o1)c1ccccc1. The molecule has 0 radical (unpaired) electrons. The van der Waals surface area contributed by atoms with Gasteiger partial charge in [-0.05, 0) is 5.56 Å². The lowest BCUT2D eigenvalue weighted by Crippen LogP contribution is -2.28. The number of carboxylic acid groups (broad SMARTS) is 1. The van der Waals surface area contributed by atoms with Gasteiger partial charge in [0.25, 0.3) is 5.22 Å². The Morgan fingerprint density at radius 2 is 1.36 bits per heavy atom. The summed E-state index contributed by atoms with van der Waals surface area (Å²) >= 11 is 1.03. The number of aliphatic carboxylic acids is 1. The maximum atomic E-state index is 11.7. The molecule has 1 atom stereocenters. The first kappa shape index (κ1) is 18.1. The molecule has 4 rings (SSSR count). The molecule has 0 saturated heterocycles. The fraction of sp³-hybridized carbons (Fsp3) is 0.0435. The van der Waals surface area contributed by atoms with Crippen LogP contribution in [0.5, 0.6) is 0 Å². The van der Waals surface area contributed by atoms with E-state index in [1.165, 1.54) is 0 Å². The number of hydrogen-bond acceptors (Lipinski definition) is 5. The van der Waals surface area contributed by atoms with Crippen molar-refractivity contribution < 1.29 is 14.3 Å². The molecule has 4 nitrogen and oxygen atoms in total. The second kappa shape index (κ2) is 8.15. The van der Waals surface area contributed by atoms with Gasteiger partial charge < -0.3 is 14.3 Å². The summed E-state index contributed by atoms with van der Waals surface area (Å²) in [5.74, 6) is -0.573. The number of aromatic nitrogens is 1. The van der Waals surface area contributed by atoms with E-state index in [1.807, 2.05) is 66.7 Å². The van der Waals surface area contributed by atoms with Crippen LogP contribution in [0.25, 0.3) is 22.6 Å². The molecule has 0 saturated carbocycles. The van der Waals surface area contributed by atoms with Crippen LogP contribution in [0.3, 0.4) is 0 Å². The van der Waals surface area contributed by atoms with E-state index in [0.717, 1.165) is 22.9 Å². The number of hydrogen-bond donors (Lipinski definition) is 0. The molecule has 3 aromatic carbocycles. The minimum Gasteiger partial charge on any atom is -0.549 e. The third kappa shape index (κ3) is 3.85. The average Bonchev–Trinajstić information content (AvgIpc) is 3.18. The van der Waals surface area contributed by atoms with Crippen LogP contribution in [0.2, 0.25) is 0 Å². The van der Waals surface area contributed by atoms with Crippen LogP contribution in [0.1, 0.15) is 10.8 Å². The maximum Gasteiger partial charge on any atom is 0.257 e. The molecule has 1 aromatic heterocycles. The molecule has 0 spiro atoms. The number of oxazole rings is 1. The zero-order valence-corrected chi connectivity index (χ0v) is 15.6. The Morgan fingerprint density at radius 1 is 0.821 bits per heavy atom. The van der Waals surface area contributed by atoms with Crippen LogP contribution >= 0.6 is 11.8 Å². The third-order valence-corrected chi connectivity index (χ3v) is 5.30. The lowest BCUT2D eigenvalue weighted by atomic mass is 10.1. The second-order valence-corrected chi connectivity index (χ2v) is 7.17. The van der Waals surface area contributed by atoms with Crippen LogP contribution in [0, 0.1) is 0 Å². The predicted molar refractivity (Wildman–Crippen MR) is 107 cm³/mol. The highest BCUT2D eigenvalue weighted by molar-refractivity contribution is 8.00. The van der Waals surface area contributed by atoms with E-state index in [2.05, 4.69) is 4.98 Å². The number of thioether (sulfide) groups is 1. The van der Waals surface area contributed by atoms with Gasteiger partial charge in [0, 0.05) is 11.1 Å². The van der Waals surface area contributed by atoms with Crippen LogP contribution in [-0.2, 0) is 4.79 Å². The van der Waals surface area contributed by atoms with E-state index in [4.69, 9.17) is 4.42 Å². The highest BCUT2D eigenvalue weighted by Gasteiger charge is 2.22. The van der Waals surface area contributed by atoms with Crippen molar-refractivity contribution in [2.24, 2.45) is 0 Å². The summed E-state index contributed by atoms with van der Waals surface area (Å²) in [5.41, 5.74) is 3.10. The molecule has 1 unspecified atom stereocenters. The Hall–Kier alpha value is -3.31. The smallest absolute Gasteiger partial charge is 0.257 e. The molecule has 138 valence electrons. The first-order chi connectivity index (χ1) is 13.7. The highest BCUT2D eigenvalue weighted by Crippen LogP contribution is 2.40. The van der Waals surface area contributed by atoms with Gasteiger partial charge in [-0.25, -0.2) is 4.98 Å². The zero-order valence-electron chi connectivity index (χ0n) is 14.8. The van der Waals surface area contributed by atoms with Crippen molar-refractivity contribution in [1.29, 1.82) is 0 Å². The van der Waals surface area contributed by atoms with Crippen molar-refractivity contribution in [3.8, 4) is 22.6 Å². The van der Waals surface area contributed by atoms with Crippen LogP contribution in [0.4, 0.5) is 0 Å². The summed E-state index contributed by atoms with van der Waals surface area (Å²) in [7, 11) is 0. The Labute approximate surface area is 166 Å². The average molecular weight is 386 g/mol. The largest absolute Gasteiger partial charge is 0.549 e. The van der Waals surface area contributed by atoms with E-state index >= 15 is 0 Å². The summed E-state index contributed by atoms with van der Waals surface area (Å²) in [6.45, 7) is 0. The van der Waals surface area contributed by atoms with Gasteiger partial charge >= 0.3 is 0 Å². The number of benzene rings is 3. The molecule has 0 amide bonds. The van der Waals surface area contributed by atoms with Gasteiger partial charge in [-0.3, -0.25) is 0 Å². The molecular weight excluding hydrogens is 370 g/mol. The van der Waals surface area contributed by atoms with Crippen LogP contribution in [-0.4, -0.2) is 11.0 Å². The van der Waals surface area contributed by atoms with E-state index < -0.39 is 11.2 Å². The minimum absolute atomic E-state index is 0.288. The Balaban J connectivity index is 1.76. The topological polar surface area (TPSA) is 66.2 Å². The first-order valence-electron chi connectivity index (χ1n) is 8.76. The number of rotatable bonds is 6. The first-order valence-corrected chi connectivity index (χ1v) is 9.64. The molecule has 0 fully saturated rings. The maximum absolute atomic E-state index is 11.7. The van der Waals surface area contributed by atoms with Crippen molar-refractivity contribution >= 4 is 17.7 Å². The van der Waals surface area contributed by atoms with Gasteiger partial charge in [0.15, 0.2) is 5.76 Å². The van der Waals surface area contributed by atoms with Gasteiger partial charge in [0.1, 0.15) is 5.69 Å². The molecule has 5 heteroatoms. The summed E-state index contributed by atoms with van der Waals surface area (Å²) in [4.78, 5) is 16.3. The number of carboxylic acids is 1. The lowest BCUT2D eigenvalue weighted by Gasteiger charge is -2.15. The Kier molecular flexibility index (Phi) is 5.26. The van der Waals surface area contributed by atoms with Gasteiger partial charge in [0.2, 0.25) is 0 Å². The van der Waals surface area contributed by atoms with Crippen LogP contribution < -0.4 is 5.11 Å². The van der Waals surface area contributed by atoms with E-state index in [1.54, 1.807) is 24.3 Å². The molecule has 4 aromatic rings. The van der Waals surface area contributed by atoms with Gasteiger partial charge in [-0.2, -0.15) is 0 Å². The number of carbonyl (C=O) groups is 1. The molecular formula is C23H16NO3S-. The number of carbonyl (C=O) groups excluding carboxylic acids is 1. The molecule has 0 aliphatic heterocycles. The molecule has 0 N–H and O–H groups in total. The molecule has 0 aliphatic rings. The normalized spacial score (nSPS) is 11.9. The standard InChI is InChI=1S/C23H17NO3S/c25-22(26)21(18-14-8-3-9-15-18)28-23-24-19(16-10-4-1-5-11-16)20(27-23)17-12-6-2-7-13-17/h1-15,21H,(H,25,26)/p-1. The summed E-state index contributed by atoms with van der Waals surface area (Å²) in [5, 5.41) is 11.1. The monoisotopic (exact) mass is 386 g/mol. The quantitative estimate of drug-likeness (QED) is 0.453.